The molecule has 1 saturated carbocycles. The Balaban J connectivity index is 1.66. The molecule has 2 aromatic carbocycles. The van der Waals surface area contributed by atoms with Crippen LogP contribution in [0.1, 0.15) is 17.9 Å². The van der Waals surface area contributed by atoms with Gasteiger partial charge in [-0.05, 0) is 36.1 Å². The second-order valence-electron chi connectivity index (χ2n) is 5.71. The molecule has 4 nitrogen and oxygen atoms in total. The number of rotatable bonds is 6. The first kappa shape index (κ1) is 16.9. The van der Waals surface area contributed by atoms with Crippen molar-refractivity contribution in [1.29, 1.82) is 0 Å². The smallest absolute Gasteiger partial charge is 0.228 e. The van der Waals surface area contributed by atoms with E-state index in [2.05, 4.69) is 5.32 Å². The van der Waals surface area contributed by atoms with Crippen LogP contribution in [0.5, 0.6) is 0 Å². The Morgan fingerprint density at radius 3 is 2.62 bits per heavy atom. The molecule has 124 valence electrons. The average molecular weight is 361 g/mol. The number of amides is 2. The minimum absolute atomic E-state index is 0.0213. The molecule has 3 N–H and O–H groups in total. The van der Waals surface area contributed by atoms with Crippen LogP contribution in [0.25, 0.3) is 0 Å². The number of para-hydroxylation sites is 1. The Kier molecular flexibility index (Phi) is 5.11. The van der Waals surface area contributed by atoms with E-state index in [0.29, 0.717) is 10.7 Å². The summed E-state index contributed by atoms with van der Waals surface area (Å²) >= 11 is 7.53. The highest BCUT2D eigenvalue weighted by Gasteiger charge is 2.44. The summed E-state index contributed by atoms with van der Waals surface area (Å²) in [6.07, 6.45) is 0.798. The van der Waals surface area contributed by atoms with E-state index in [1.807, 2.05) is 48.5 Å². The average Bonchev–Trinajstić information content (AvgIpc) is 3.35. The highest BCUT2D eigenvalue weighted by atomic mass is 35.5. The number of halogens is 1. The molecule has 1 aliphatic carbocycles. The van der Waals surface area contributed by atoms with Crippen molar-refractivity contribution in [3.05, 3.63) is 59.1 Å². The predicted octanol–water partition coefficient (Wildman–Crippen LogP) is 3.66. The number of hydrogen-bond donors (Lipinski definition) is 2. The van der Waals surface area contributed by atoms with Crippen molar-refractivity contribution in [2.24, 2.45) is 11.7 Å². The number of nitrogens with two attached hydrogens (primary N) is 1. The lowest BCUT2D eigenvalue weighted by Crippen LogP contribution is -2.16. The van der Waals surface area contributed by atoms with Gasteiger partial charge in [-0.3, -0.25) is 9.59 Å². The van der Waals surface area contributed by atoms with Crippen molar-refractivity contribution in [2.45, 2.75) is 17.2 Å². The van der Waals surface area contributed by atoms with E-state index >= 15 is 0 Å². The van der Waals surface area contributed by atoms with Crippen LogP contribution in [0.3, 0.4) is 0 Å². The van der Waals surface area contributed by atoms with Crippen molar-refractivity contribution in [3.63, 3.8) is 0 Å². The lowest BCUT2D eigenvalue weighted by Gasteiger charge is -2.10. The maximum Gasteiger partial charge on any atom is 0.228 e. The standard InChI is InChI=1S/C18H17ClN2O2S/c19-14-6-2-1-5-11(14)12-9-13(12)18(23)21-15-7-3-4-8-16(15)24-10-17(20)22/h1-8,12-13H,9-10H2,(H2,20,22)(H,21,23). The number of carbonyl (C=O) groups is 2. The van der Waals surface area contributed by atoms with Crippen molar-refractivity contribution in [3.8, 4) is 0 Å². The molecular formula is C18H17ClN2O2S. The molecule has 2 unspecified atom stereocenters. The minimum atomic E-state index is -0.387. The Hall–Kier alpha value is -1.98. The van der Waals surface area contributed by atoms with E-state index in [0.717, 1.165) is 16.9 Å². The molecule has 0 saturated heterocycles. The van der Waals surface area contributed by atoms with E-state index in [-0.39, 0.29) is 29.4 Å². The first-order valence-electron chi connectivity index (χ1n) is 7.61. The van der Waals surface area contributed by atoms with Crippen molar-refractivity contribution >= 4 is 40.9 Å². The zero-order valence-electron chi connectivity index (χ0n) is 12.9. The molecule has 24 heavy (non-hydrogen) atoms. The lowest BCUT2D eigenvalue weighted by molar-refractivity contribution is -0.117. The quantitative estimate of drug-likeness (QED) is 0.772. The number of primary amides is 1. The van der Waals surface area contributed by atoms with Crippen molar-refractivity contribution in [2.75, 3.05) is 11.1 Å². The van der Waals surface area contributed by atoms with Crippen molar-refractivity contribution < 1.29 is 9.59 Å². The zero-order chi connectivity index (χ0) is 17.1. The monoisotopic (exact) mass is 360 g/mol. The summed E-state index contributed by atoms with van der Waals surface area (Å²) < 4.78 is 0. The van der Waals surface area contributed by atoms with Crippen LogP contribution in [-0.2, 0) is 9.59 Å². The summed E-state index contributed by atoms with van der Waals surface area (Å²) in [5.74, 6) is -0.129. The zero-order valence-corrected chi connectivity index (χ0v) is 14.4. The van der Waals surface area contributed by atoms with Gasteiger partial charge in [0.15, 0.2) is 0 Å². The summed E-state index contributed by atoms with van der Waals surface area (Å²) in [5.41, 5.74) is 6.92. The first-order chi connectivity index (χ1) is 11.6. The van der Waals surface area contributed by atoms with E-state index in [4.69, 9.17) is 17.3 Å². The minimum Gasteiger partial charge on any atom is -0.369 e. The number of anilines is 1. The fourth-order valence-corrected chi connectivity index (χ4v) is 3.70. The SMILES string of the molecule is NC(=O)CSc1ccccc1NC(=O)C1CC1c1ccccc1Cl. The summed E-state index contributed by atoms with van der Waals surface area (Å²) in [5, 5.41) is 3.66. The number of nitrogens with one attached hydrogen (secondary N) is 1. The van der Waals surface area contributed by atoms with E-state index in [9.17, 15) is 9.59 Å². The Bertz CT molecular complexity index is 781. The predicted molar refractivity (Wildman–Crippen MR) is 97.3 cm³/mol. The molecule has 0 aromatic heterocycles. The molecule has 1 fully saturated rings. The summed E-state index contributed by atoms with van der Waals surface area (Å²) in [6, 6.07) is 15.0. The molecule has 2 amide bonds. The molecule has 3 rings (SSSR count). The normalized spacial score (nSPS) is 18.9. The van der Waals surface area contributed by atoms with Gasteiger partial charge in [-0.25, -0.2) is 0 Å². The van der Waals surface area contributed by atoms with Crippen LogP contribution < -0.4 is 11.1 Å². The lowest BCUT2D eigenvalue weighted by atomic mass is 10.1. The molecule has 0 aliphatic heterocycles. The van der Waals surface area contributed by atoms with Gasteiger partial charge in [-0.2, -0.15) is 0 Å². The maximum absolute atomic E-state index is 12.5. The molecule has 2 atom stereocenters. The Morgan fingerprint density at radius 1 is 1.17 bits per heavy atom. The second-order valence-corrected chi connectivity index (χ2v) is 7.13. The number of carbonyl (C=O) groups excluding carboxylic acids is 2. The number of benzene rings is 2. The summed E-state index contributed by atoms with van der Waals surface area (Å²) in [7, 11) is 0. The van der Waals surface area contributed by atoms with E-state index < -0.39 is 0 Å². The molecule has 2 aromatic rings. The molecule has 6 heteroatoms. The third-order valence-corrected chi connectivity index (χ3v) is 5.39. The molecule has 1 aliphatic rings. The van der Waals surface area contributed by atoms with Gasteiger partial charge in [0, 0.05) is 15.8 Å². The summed E-state index contributed by atoms with van der Waals surface area (Å²) in [6.45, 7) is 0. The van der Waals surface area contributed by atoms with Gasteiger partial charge < -0.3 is 11.1 Å². The topological polar surface area (TPSA) is 72.2 Å². The van der Waals surface area contributed by atoms with E-state index in [1.54, 1.807) is 0 Å². The fraction of sp³-hybridized carbons (Fsp3) is 0.222. The van der Waals surface area contributed by atoms with Gasteiger partial charge in [-0.1, -0.05) is 41.9 Å². The second kappa shape index (κ2) is 7.28. The Morgan fingerprint density at radius 2 is 1.88 bits per heavy atom. The molecule has 0 heterocycles. The van der Waals surface area contributed by atoms with Crippen molar-refractivity contribution in [1.82, 2.24) is 0 Å². The van der Waals surface area contributed by atoms with Crippen LogP contribution in [0, 0.1) is 5.92 Å². The molecule has 0 bridgehead atoms. The highest BCUT2D eigenvalue weighted by Crippen LogP contribution is 2.50. The molecular weight excluding hydrogens is 344 g/mol. The van der Waals surface area contributed by atoms with Crippen LogP contribution >= 0.6 is 23.4 Å². The van der Waals surface area contributed by atoms with Gasteiger partial charge in [0.1, 0.15) is 0 Å². The largest absolute Gasteiger partial charge is 0.369 e. The third-order valence-electron chi connectivity index (χ3n) is 3.95. The van der Waals surface area contributed by atoms with Crippen LogP contribution in [0.4, 0.5) is 5.69 Å². The van der Waals surface area contributed by atoms with Gasteiger partial charge >= 0.3 is 0 Å². The Labute approximate surface area is 149 Å². The third kappa shape index (κ3) is 3.91. The van der Waals surface area contributed by atoms with Crippen LogP contribution in [0.15, 0.2) is 53.4 Å². The van der Waals surface area contributed by atoms with E-state index in [1.165, 1.54) is 11.8 Å². The van der Waals surface area contributed by atoms with Crippen LogP contribution in [-0.4, -0.2) is 17.6 Å². The van der Waals surface area contributed by atoms with Gasteiger partial charge in [0.05, 0.1) is 11.4 Å². The fourth-order valence-electron chi connectivity index (χ4n) is 2.67. The maximum atomic E-state index is 12.5. The van der Waals surface area contributed by atoms with Gasteiger partial charge in [-0.15, -0.1) is 11.8 Å². The first-order valence-corrected chi connectivity index (χ1v) is 8.98. The number of thioether (sulfide) groups is 1. The summed E-state index contributed by atoms with van der Waals surface area (Å²) in [4.78, 5) is 24.3. The van der Waals surface area contributed by atoms with Crippen LogP contribution in [0.2, 0.25) is 5.02 Å². The highest BCUT2D eigenvalue weighted by molar-refractivity contribution is 8.00. The van der Waals surface area contributed by atoms with Gasteiger partial charge in [0.25, 0.3) is 0 Å². The molecule has 0 spiro atoms. The molecule has 0 radical (unpaired) electrons. The number of hydrogen-bond acceptors (Lipinski definition) is 3. The van der Waals surface area contributed by atoms with Gasteiger partial charge in [0.2, 0.25) is 11.8 Å².